The lowest BCUT2D eigenvalue weighted by molar-refractivity contribution is -0.147. The number of aliphatic hydroxyl groups is 1. The summed E-state index contributed by atoms with van der Waals surface area (Å²) in [5.74, 6) is -0.694. The lowest BCUT2D eigenvalue weighted by atomic mass is 9.97. The highest BCUT2D eigenvalue weighted by molar-refractivity contribution is 5.90. The molecule has 1 N–H and O–H groups in total. The SMILES string of the molecule is O=C1OC(c2ccccc2)CC(O)=C1CCc1ccc(F)cc1. The molecule has 1 aliphatic rings. The minimum atomic E-state index is -0.482. The Morgan fingerprint density at radius 3 is 2.39 bits per heavy atom. The molecule has 0 aliphatic carbocycles. The monoisotopic (exact) mass is 312 g/mol. The first kappa shape index (κ1) is 15.3. The molecule has 0 radical (unpaired) electrons. The van der Waals surface area contributed by atoms with Crippen molar-refractivity contribution in [2.45, 2.75) is 25.4 Å². The van der Waals surface area contributed by atoms with Crippen LogP contribution >= 0.6 is 0 Å². The summed E-state index contributed by atoms with van der Waals surface area (Å²) in [5.41, 5.74) is 2.08. The van der Waals surface area contributed by atoms with Gasteiger partial charge in [0.25, 0.3) is 0 Å². The zero-order valence-electron chi connectivity index (χ0n) is 12.5. The summed E-state index contributed by atoms with van der Waals surface area (Å²) < 4.78 is 18.3. The largest absolute Gasteiger partial charge is 0.512 e. The highest BCUT2D eigenvalue weighted by atomic mass is 19.1. The molecule has 3 nitrogen and oxygen atoms in total. The van der Waals surface area contributed by atoms with Crippen LogP contribution in [0.5, 0.6) is 0 Å². The molecule has 0 saturated heterocycles. The average Bonchev–Trinajstić information content (AvgIpc) is 2.56. The summed E-state index contributed by atoms with van der Waals surface area (Å²) >= 11 is 0. The van der Waals surface area contributed by atoms with Gasteiger partial charge in [0.05, 0.1) is 5.57 Å². The Morgan fingerprint density at radius 2 is 1.74 bits per heavy atom. The molecule has 1 heterocycles. The van der Waals surface area contributed by atoms with E-state index in [-0.39, 0.29) is 18.0 Å². The van der Waals surface area contributed by atoms with Crippen LogP contribution in [0.25, 0.3) is 0 Å². The van der Waals surface area contributed by atoms with Crippen LogP contribution in [0.3, 0.4) is 0 Å². The van der Waals surface area contributed by atoms with Crippen LogP contribution in [0.1, 0.15) is 30.1 Å². The Bertz CT molecular complexity index is 720. The van der Waals surface area contributed by atoms with Crippen LogP contribution in [-0.4, -0.2) is 11.1 Å². The molecule has 0 bridgehead atoms. The van der Waals surface area contributed by atoms with Crippen LogP contribution < -0.4 is 0 Å². The molecular formula is C19H17FO3. The van der Waals surface area contributed by atoms with Gasteiger partial charge in [-0.2, -0.15) is 0 Å². The smallest absolute Gasteiger partial charge is 0.338 e. The predicted molar refractivity (Wildman–Crippen MR) is 84.3 cm³/mol. The third-order valence-corrected chi connectivity index (χ3v) is 3.97. The highest BCUT2D eigenvalue weighted by Gasteiger charge is 2.29. The van der Waals surface area contributed by atoms with Gasteiger partial charge in [-0.3, -0.25) is 0 Å². The molecule has 118 valence electrons. The minimum Gasteiger partial charge on any atom is -0.512 e. The third kappa shape index (κ3) is 3.59. The van der Waals surface area contributed by atoms with Gasteiger partial charge in [0, 0.05) is 6.42 Å². The number of carbonyl (C=O) groups excluding carboxylic acids is 1. The van der Waals surface area contributed by atoms with E-state index in [4.69, 9.17) is 4.74 Å². The van der Waals surface area contributed by atoms with Crippen molar-refractivity contribution in [3.05, 3.63) is 82.9 Å². The molecule has 1 unspecified atom stereocenters. The van der Waals surface area contributed by atoms with Gasteiger partial charge in [-0.1, -0.05) is 42.5 Å². The van der Waals surface area contributed by atoms with Crippen molar-refractivity contribution in [1.82, 2.24) is 0 Å². The Balaban J connectivity index is 1.70. The number of esters is 1. The summed E-state index contributed by atoms with van der Waals surface area (Å²) in [6, 6.07) is 15.5. The van der Waals surface area contributed by atoms with Crippen molar-refractivity contribution < 1.29 is 19.0 Å². The van der Waals surface area contributed by atoms with Gasteiger partial charge in [0.2, 0.25) is 0 Å². The minimum absolute atomic E-state index is 0.0808. The van der Waals surface area contributed by atoms with E-state index < -0.39 is 12.1 Å². The topological polar surface area (TPSA) is 46.5 Å². The van der Waals surface area contributed by atoms with E-state index in [0.29, 0.717) is 18.4 Å². The van der Waals surface area contributed by atoms with Gasteiger partial charge in [0.15, 0.2) is 0 Å². The first-order valence-electron chi connectivity index (χ1n) is 7.55. The molecule has 1 atom stereocenters. The van der Waals surface area contributed by atoms with Crippen LogP contribution in [-0.2, 0) is 16.0 Å². The number of hydrogen-bond acceptors (Lipinski definition) is 3. The molecule has 0 spiro atoms. The summed E-state index contributed by atoms with van der Waals surface area (Å²) in [6.45, 7) is 0. The zero-order valence-corrected chi connectivity index (χ0v) is 12.5. The van der Waals surface area contributed by atoms with Crippen LogP contribution in [0.2, 0.25) is 0 Å². The fourth-order valence-electron chi connectivity index (χ4n) is 2.68. The van der Waals surface area contributed by atoms with Crippen molar-refractivity contribution >= 4 is 5.97 Å². The number of aliphatic hydroxyl groups excluding tert-OH is 1. The summed E-state index contributed by atoms with van der Waals surface area (Å²) in [4.78, 5) is 12.2. The highest BCUT2D eigenvalue weighted by Crippen LogP contribution is 2.32. The maximum atomic E-state index is 12.9. The second-order valence-corrected chi connectivity index (χ2v) is 5.56. The lowest BCUT2D eigenvalue weighted by Gasteiger charge is -2.24. The van der Waals surface area contributed by atoms with Crippen LogP contribution in [0.4, 0.5) is 4.39 Å². The van der Waals surface area contributed by atoms with Gasteiger partial charge in [-0.05, 0) is 36.1 Å². The predicted octanol–water partition coefficient (Wildman–Crippen LogP) is 4.26. The first-order valence-corrected chi connectivity index (χ1v) is 7.55. The number of aryl methyl sites for hydroxylation is 1. The number of halogens is 1. The Hall–Kier alpha value is -2.62. The third-order valence-electron chi connectivity index (χ3n) is 3.97. The van der Waals surface area contributed by atoms with E-state index in [2.05, 4.69) is 0 Å². The van der Waals surface area contributed by atoms with E-state index in [1.165, 1.54) is 12.1 Å². The normalized spacial score (nSPS) is 18.0. The molecule has 4 heteroatoms. The molecule has 1 aliphatic heterocycles. The second kappa shape index (κ2) is 6.65. The van der Waals surface area contributed by atoms with Crippen LogP contribution in [0.15, 0.2) is 65.9 Å². The van der Waals surface area contributed by atoms with Crippen molar-refractivity contribution in [3.63, 3.8) is 0 Å². The maximum absolute atomic E-state index is 12.9. The van der Waals surface area contributed by atoms with Crippen molar-refractivity contribution in [2.24, 2.45) is 0 Å². The number of hydrogen-bond donors (Lipinski definition) is 1. The summed E-state index contributed by atoms with van der Waals surface area (Å²) in [7, 11) is 0. The Morgan fingerprint density at radius 1 is 1.04 bits per heavy atom. The van der Waals surface area contributed by atoms with Crippen LogP contribution in [0, 0.1) is 5.82 Å². The van der Waals surface area contributed by atoms with E-state index in [1.807, 2.05) is 30.3 Å². The van der Waals surface area contributed by atoms with Crippen molar-refractivity contribution in [3.8, 4) is 0 Å². The number of benzene rings is 2. The molecule has 3 rings (SSSR count). The Kier molecular flexibility index (Phi) is 4.42. The molecule has 23 heavy (non-hydrogen) atoms. The quantitative estimate of drug-likeness (QED) is 0.858. The van der Waals surface area contributed by atoms with E-state index in [9.17, 15) is 14.3 Å². The lowest BCUT2D eigenvalue weighted by Crippen LogP contribution is -2.21. The molecule has 2 aromatic rings. The number of ether oxygens (including phenoxy) is 1. The van der Waals surface area contributed by atoms with Gasteiger partial charge in [-0.25, -0.2) is 9.18 Å². The molecule has 0 saturated carbocycles. The molecular weight excluding hydrogens is 295 g/mol. The molecule has 2 aromatic carbocycles. The zero-order chi connectivity index (χ0) is 16.2. The van der Waals surface area contributed by atoms with Crippen molar-refractivity contribution in [1.29, 1.82) is 0 Å². The van der Waals surface area contributed by atoms with Gasteiger partial charge in [-0.15, -0.1) is 0 Å². The Labute approximate surface area is 134 Å². The second-order valence-electron chi connectivity index (χ2n) is 5.56. The first-order chi connectivity index (χ1) is 11.1. The maximum Gasteiger partial charge on any atom is 0.338 e. The van der Waals surface area contributed by atoms with Gasteiger partial charge in [0.1, 0.15) is 17.7 Å². The van der Waals surface area contributed by atoms with Gasteiger partial charge >= 0.3 is 5.97 Å². The number of cyclic esters (lactones) is 1. The number of carbonyl (C=O) groups is 1. The summed E-state index contributed by atoms with van der Waals surface area (Å²) in [5, 5.41) is 10.2. The molecule has 0 aromatic heterocycles. The van der Waals surface area contributed by atoms with Crippen molar-refractivity contribution in [2.75, 3.05) is 0 Å². The van der Waals surface area contributed by atoms with E-state index in [0.717, 1.165) is 11.1 Å². The fraction of sp³-hybridized carbons (Fsp3) is 0.211. The number of rotatable bonds is 4. The van der Waals surface area contributed by atoms with E-state index in [1.54, 1.807) is 12.1 Å². The fourth-order valence-corrected chi connectivity index (χ4v) is 2.68. The van der Waals surface area contributed by atoms with Gasteiger partial charge < -0.3 is 9.84 Å². The van der Waals surface area contributed by atoms with E-state index >= 15 is 0 Å². The molecule has 0 amide bonds. The summed E-state index contributed by atoms with van der Waals surface area (Å²) in [6.07, 6.45) is 0.759. The standard InChI is InChI=1S/C19H17FO3/c20-15-9-6-13(7-10-15)8-11-16-17(21)12-18(23-19(16)22)14-4-2-1-3-5-14/h1-7,9-10,18,21H,8,11-12H2. The average molecular weight is 312 g/mol. The molecule has 0 fully saturated rings.